The molecule has 2 rings (SSSR count). The Labute approximate surface area is 140 Å². The first-order chi connectivity index (χ1) is 11.6. The van der Waals surface area contributed by atoms with Crippen molar-refractivity contribution in [3.8, 4) is 0 Å². The topological polar surface area (TPSA) is 93.2 Å². The number of ether oxygens (including phenoxy) is 1. The van der Waals surface area contributed by atoms with Gasteiger partial charge in [-0.2, -0.15) is 0 Å². The number of amides is 1. The van der Waals surface area contributed by atoms with E-state index < -0.39 is 0 Å². The van der Waals surface area contributed by atoms with Gasteiger partial charge in [-0.15, -0.1) is 10.2 Å². The summed E-state index contributed by atoms with van der Waals surface area (Å²) in [5.41, 5.74) is 1.49. The van der Waals surface area contributed by atoms with Crippen LogP contribution in [0.5, 0.6) is 0 Å². The Morgan fingerprint density at radius 3 is 2.42 bits per heavy atom. The van der Waals surface area contributed by atoms with Crippen LogP contribution >= 0.6 is 0 Å². The van der Waals surface area contributed by atoms with Crippen molar-refractivity contribution in [2.75, 3.05) is 19.0 Å². The molecule has 2 aromatic rings. The number of aromatic nitrogens is 2. The lowest BCUT2D eigenvalue weighted by Crippen LogP contribution is -2.25. The maximum atomic E-state index is 11.8. The van der Waals surface area contributed by atoms with Crippen LogP contribution in [0.2, 0.25) is 0 Å². The normalized spacial score (nSPS) is 10.1. The van der Waals surface area contributed by atoms with E-state index in [-0.39, 0.29) is 17.6 Å². The quantitative estimate of drug-likeness (QED) is 0.599. The number of benzene rings is 1. The van der Waals surface area contributed by atoms with Gasteiger partial charge in [0.25, 0.3) is 5.91 Å². The van der Waals surface area contributed by atoms with Crippen LogP contribution in [0, 0.1) is 0 Å². The molecule has 1 heterocycles. The Balaban J connectivity index is 1.96. The summed E-state index contributed by atoms with van der Waals surface area (Å²) in [5, 5.41) is 13.7. The second-order valence-corrected chi connectivity index (χ2v) is 5.11. The van der Waals surface area contributed by atoms with Crippen LogP contribution in [0.3, 0.4) is 0 Å². The van der Waals surface area contributed by atoms with Crippen LogP contribution in [0.25, 0.3) is 0 Å². The largest absolute Gasteiger partial charge is 0.465 e. The molecule has 2 N–H and O–H groups in total. The summed E-state index contributed by atoms with van der Waals surface area (Å²) in [5.74, 6) is -0.115. The lowest BCUT2D eigenvalue weighted by atomic mass is 10.2. The Bertz CT molecular complexity index is 684. The number of carbonyl (C=O) groups excluding carboxylic acids is 2. The van der Waals surface area contributed by atoms with Gasteiger partial charge in [0, 0.05) is 12.2 Å². The third-order valence-corrected chi connectivity index (χ3v) is 3.29. The van der Waals surface area contributed by atoms with Gasteiger partial charge in [-0.25, -0.2) is 4.79 Å². The number of rotatable bonds is 7. The minimum Gasteiger partial charge on any atom is -0.465 e. The van der Waals surface area contributed by atoms with E-state index in [2.05, 4.69) is 32.5 Å². The molecule has 7 nitrogen and oxygen atoms in total. The van der Waals surface area contributed by atoms with Crippen molar-refractivity contribution >= 4 is 23.4 Å². The molecule has 0 saturated heterocycles. The van der Waals surface area contributed by atoms with Gasteiger partial charge in [0.1, 0.15) is 0 Å². The average Bonchev–Trinajstić information content (AvgIpc) is 2.62. The molecule has 24 heavy (non-hydrogen) atoms. The summed E-state index contributed by atoms with van der Waals surface area (Å²) >= 11 is 0. The number of carbonyl (C=O) groups is 2. The van der Waals surface area contributed by atoms with Crippen LogP contribution in [-0.4, -0.2) is 35.7 Å². The maximum Gasteiger partial charge on any atom is 0.337 e. The smallest absolute Gasteiger partial charge is 0.337 e. The van der Waals surface area contributed by atoms with E-state index in [1.165, 1.54) is 7.11 Å². The van der Waals surface area contributed by atoms with Crippen molar-refractivity contribution in [3.05, 3.63) is 47.7 Å². The number of esters is 1. The molecule has 7 heteroatoms. The Morgan fingerprint density at radius 1 is 1.08 bits per heavy atom. The highest BCUT2D eigenvalue weighted by Gasteiger charge is 2.08. The van der Waals surface area contributed by atoms with E-state index in [0.717, 1.165) is 18.5 Å². The summed E-state index contributed by atoms with van der Waals surface area (Å²) in [6, 6.07) is 10.1. The lowest BCUT2D eigenvalue weighted by molar-refractivity contribution is 0.0600. The molecule has 1 aromatic carbocycles. The van der Waals surface area contributed by atoms with Crippen LogP contribution in [0.1, 0.15) is 40.6 Å². The molecule has 0 aliphatic carbocycles. The predicted molar refractivity (Wildman–Crippen MR) is 90.3 cm³/mol. The first kappa shape index (κ1) is 17.4. The number of nitrogens with zero attached hydrogens (tertiary/aromatic N) is 2. The SMILES string of the molecule is CCCCNC(=O)c1ccc(Nc2ccc(C(=O)OC)cc2)nn1. The average molecular weight is 328 g/mol. The molecule has 0 aliphatic rings. The van der Waals surface area contributed by atoms with Gasteiger partial charge < -0.3 is 15.4 Å². The van der Waals surface area contributed by atoms with Crippen LogP contribution in [0.15, 0.2) is 36.4 Å². The minimum absolute atomic E-state index is 0.232. The first-order valence-corrected chi connectivity index (χ1v) is 7.71. The van der Waals surface area contributed by atoms with Crippen molar-refractivity contribution in [1.29, 1.82) is 0 Å². The molecular weight excluding hydrogens is 308 g/mol. The van der Waals surface area contributed by atoms with E-state index in [9.17, 15) is 9.59 Å². The lowest BCUT2D eigenvalue weighted by Gasteiger charge is -2.07. The molecule has 0 radical (unpaired) electrons. The number of hydrogen-bond acceptors (Lipinski definition) is 6. The molecule has 1 amide bonds. The molecule has 0 aliphatic heterocycles. The van der Waals surface area contributed by atoms with Crippen LogP contribution in [-0.2, 0) is 4.74 Å². The molecule has 0 bridgehead atoms. The van der Waals surface area contributed by atoms with Gasteiger partial charge in [-0.3, -0.25) is 4.79 Å². The molecule has 0 fully saturated rings. The molecular formula is C17H20N4O3. The van der Waals surface area contributed by atoms with Gasteiger partial charge >= 0.3 is 5.97 Å². The highest BCUT2D eigenvalue weighted by atomic mass is 16.5. The molecule has 126 valence electrons. The van der Waals surface area contributed by atoms with E-state index >= 15 is 0 Å². The fraction of sp³-hybridized carbons (Fsp3) is 0.294. The summed E-state index contributed by atoms with van der Waals surface area (Å²) in [4.78, 5) is 23.2. The van der Waals surface area contributed by atoms with Gasteiger partial charge in [0.05, 0.1) is 12.7 Å². The molecule has 0 saturated carbocycles. The van der Waals surface area contributed by atoms with Gasteiger partial charge in [0.2, 0.25) is 0 Å². The van der Waals surface area contributed by atoms with Crippen molar-refractivity contribution in [2.24, 2.45) is 0 Å². The number of hydrogen-bond donors (Lipinski definition) is 2. The highest BCUT2D eigenvalue weighted by Crippen LogP contribution is 2.15. The summed E-state index contributed by atoms with van der Waals surface area (Å²) in [7, 11) is 1.34. The van der Waals surface area contributed by atoms with Crippen molar-refractivity contribution in [1.82, 2.24) is 15.5 Å². The Hall–Kier alpha value is -2.96. The summed E-state index contributed by atoms with van der Waals surface area (Å²) in [6.45, 7) is 2.69. The van der Waals surface area contributed by atoms with Gasteiger partial charge in [0.15, 0.2) is 11.5 Å². The maximum absolute atomic E-state index is 11.8. The Morgan fingerprint density at radius 2 is 1.83 bits per heavy atom. The van der Waals surface area contributed by atoms with Crippen molar-refractivity contribution in [2.45, 2.75) is 19.8 Å². The number of anilines is 2. The zero-order valence-corrected chi connectivity index (χ0v) is 13.7. The zero-order chi connectivity index (χ0) is 17.4. The van der Waals surface area contributed by atoms with Gasteiger partial charge in [-0.05, 0) is 42.8 Å². The monoisotopic (exact) mass is 328 g/mol. The van der Waals surface area contributed by atoms with Crippen molar-refractivity contribution < 1.29 is 14.3 Å². The third kappa shape index (κ3) is 4.77. The fourth-order valence-corrected chi connectivity index (χ4v) is 1.94. The number of nitrogens with one attached hydrogen (secondary N) is 2. The molecule has 0 atom stereocenters. The zero-order valence-electron chi connectivity index (χ0n) is 13.7. The predicted octanol–water partition coefficient (Wildman–Crippen LogP) is 2.54. The van der Waals surface area contributed by atoms with E-state index in [0.29, 0.717) is 17.9 Å². The first-order valence-electron chi connectivity index (χ1n) is 7.71. The second kappa shape index (κ2) is 8.61. The highest BCUT2D eigenvalue weighted by molar-refractivity contribution is 5.92. The van der Waals surface area contributed by atoms with Crippen LogP contribution < -0.4 is 10.6 Å². The molecule has 1 aromatic heterocycles. The second-order valence-electron chi connectivity index (χ2n) is 5.11. The van der Waals surface area contributed by atoms with E-state index in [1.54, 1.807) is 36.4 Å². The standard InChI is InChI=1S/C17H20N4O3/c1-3-4-11-18-16(22)14-9-10-15(21-20-14)19-13-7-5-12(6-8-13)17(23)24-2/h5-10H,3-4,11H2,1-2H3,(H,18,22)(H,19,21). The summed E-state index contributed by atoms with van der Waals surface area (Å²) in [6.07, 6.45) is 1.95. The Kier molecular flexibility index (Phi) is 6.24. The van der Waals surface area contributed by atoms with E-state index in [4.69, 9.17) is 0 Å². The summed E-state index contributed by atoms with van der Waals surface area (Å²) < 4.78 is 4.65. The molecule has 0 spiro atoms. The fourth-order valence-electron chi connectivity index (χ4n) is 1.94. The van der Waals surface area contributed by atoms with E-state index in [1.807, 2.05) is 0 Å². The number of unbranched alkanes of at least 4 members (excludes halogenated alkanes) is 1. The minimum atomic E-state index is -0.389. The van der Waals surface area contributed by atoms with Crippen LogP contribution in [0.4, 0.5) is 11.5 Å². The molecule has 0 unspecified atom stereocenters. The van der Waals surface area contributed by atoms with Gasteiger partial charge in [-0.1, -0.05) is 13.3 Å². The number of methoxy groups -OCH3 is 1. The third-order valence-electron chi connectivity index (χ3n) is 3.29. The van der Waals surface area contributed by atoms with Crippen molar-refractivity contribution in [3.63, 3.8) is 0 Å².